The highest BCUT2D eigenvalue weighted by Gasteiger charge is 2.49. The fraction of sp³-hybridized carbons (Fsp3) is 0.533. The molecule has 2 saturated carbocycles. The summed E-state index contributed by atoms with van der Waals surface area (Å²) in [6.07, 6.45) is 9.57. The van der Waals surface area contributed by atoms with Gasteiger partial charge in [0.2, 0.25) is 11.8 Å². The second-order valence-electron chi connectivity index (χ2n) is 11.5. The first-order valence-corrected chi connectivity index (χ1v) is 13.4. The molecular weight excluding hydrogens is 464 g/mol. The average Bonchev–Trinajstić information content (AvgIpc) is 3.29. The zero-order valence-electron chi connectivity index (χ0n) is 22.1. The molecule has 0 aliphatic heterocycles. The lowest BCUT2D eigenvalue weighted by Gasteiger charge is -2.36. The van der Waals surface area contributed by atoms with Crippen LogP contribution < -0.4 is 10.2 Å². The summed E-state index contributed by atoms with van der Waals surface area (Å²) in [5.41, 5.74) is 0.407. The van der Waals surface area contributed by atoms with Gasteiger partial charge < -0.3 is 10.4 Å². The van der Waals surface area contributed by atoms with Crippen LogP contribution in [0.15, 0.2) is 48.8 Å². The minimum Gasteiger partial charge on any atom is -0.375 e. The number of benzene rings is 1. The van der Waals surface area contributed by atoms with Gasteiger partial charge in [-0.3, -0.25) is 19.5 Å². The van der Waals surface area contributed by atoms with Crippen molar-refractivity contribution >= 4 is 17.5 Å². The number of rotatable bonds is 6. The normalized spacial score (nSPS) is 23.2. The van der Waals surface area contributed by atoms with E-state index in [1.807, 2.05) is 30.3 Å². The lowest BCUT2D eigenvalue weighted by molar-refractivity contribution is -0.131. The first-order chi connectivity index (χ1) is 17.6. The number of nitrogens with zero attached hydrogens (tertiary/aromatic N) is 3. The molecule has 7 heteroatoms. The van der Waals surface area contributed by atoms with Crippen molar-refractivity contribution in [1.82, 2.24) is 10.3 Å². The van der Waals surface area contributed by atoms with Crippen LogP contribution in [0.5, 0.6) is 0 Å². The molecule has 0 saturated heterocycles. The maximum atomic E-state index is 14.2. The van der Waals surface area contributed by atoms with Crippen LogP contribution in [0, 0.1) is 17.2 Å². The largest absolute Gasteiger partial charge is 0.375 e. The summed E-state index contributed by atoms with van der Waals surface area (Å²) in [6.45, 7) is 6.35. The second-order valence-corrected chi connectivity index (χ2v) is 11.5. The van der Waals surface area contributed by atoms with E-state index in [0.29, 0.717) is 24.1 Å². The standard InChI is InChI=1S/C30H38N4O3/c1-29(2,3)22-13-15-24(16-14-22)34(28(36)25-12-7-17-30(25,37)20-31)26(21-9-8-18-32-19-21)27(35)33-23-10-5-4-6-11-23/h8-9,13-16,18-19,23,25-26,37H,4-7,10-12,17H2,1-3H3,(H,33,35)/t25-,26?,30?/m1/s1. The van der Waals surface area contributed by atoms with E-state index in [1.165, 1.54) is 4.90 Å². The van der Waals surface area contributed by atoms with Gasteiger partial charge in [0.05, 0.1) is 12.0 Å². The molecule has 1 aromatic carbocycles. The summed E-state index contributed by atoms with van der Waals surface area (Å²) in [5, 5.41) is 23.9. The molecule has 2 aliphatic carbocycles. The van der Waals surface area contributed by atoms with Crippen molar-refractivity contribution in [2.45, 2.75) is 95.2 Å². The highest BCUT2D eigenvalue weighted by Crippen LogP contribution is 2.40. The van der Waals surface area contributed by atoms with Gasteiger partial charge in [-0.25, -0.2) is 0 Å². The van der Waals surface area contributed by atoms with E-state index in [-0.39, 0.29) is 23.8 Å². The predicted molar refractivity (Wildman–Crippen MR) is 143 cm³/mol. The highest BCUT2D eigenvalue weighted by molar-refractivity contribution is 6.03. The second kappa shape index (κ2) is 11.0. The number of amides is 2. The van der Waals surface area contributed by atoms with Crippen LogP contribution in [0.2, 0.25) is 0 Å². The molecular formula is C30H38N4O3. The molecule has 2 aromatic rings. The monoisotopic (exact) mass is 502 g/mol. The molecule has 2 N–H and O–H groups in total. The maximum absolute atomic E-state index is 14.2. The van der Waals surface area contributed by atoms with Gasteiger partial charge in [0.1, 0.15) is 6.04 Å². The highest BCUT2D eigenvalue weighted by atomic mass is 16.3. The number of nitriles is 1. The fourth-order valence-corrected chi connectivity index (χ4v) is 5.63. The smallest absolute Gasteiger partial charge is 0.248 e. The summed E-state index contributed by atoms with van der Waals surface area (Å²) in [7, 11) is 0. The molecule has 0 bridgehead atoms. The Morgan fingerprint density at radius 2 is 1.81 bits per heavy atom. The Labute approximate surface area is 219 Å². The summed E-state index contributed by atoms with van der Waals surface area (Å²) >= 11 is 0. The zero-order chi connectivity index (χ0) is 26.6. The van der Waals surface area contributed by atoms with Crippen LogP contribution >= 0.6 is 0 Å². The molecule has 196 valence electrons. The number of hydrogen-bond donors (Lipinski definition) is 2. The molecule has 4 rings (SSSR count). The molecule has 2 aliphatic rings. The Morgan fingerprint density at radius 1 is 1.11 bits per heavy atom. The van der Waals surface area contributed by atoms with Crippen molar-refractivity contribution in [3.63, 3.8) is 0 Å². The molecule has 7 nitrogen and oxygen atoms in total. The summed E-state index contributed by atoms with van der Waals surface area (Å²) < 4.78 is 0. The molecule has 2 amide bonds. The number of aromatic nitrogens is 1. The first-order valence-electron chi connectivity index (χ1n) is 13.4. The number of aliphatic hydroxyl groups is 1. The van der Waals surface area contributed by atoms with Crippen LogP contribution in [0.1, 0.15) is 89.3 Å². The Balaban J connectivity index is 1.80. The summed E-state index contributed by atoms with van der Waals surface area (Å²) in [6, 6.07) is 12.3. The van der Waals surface area contributed by atoms with Gasteiger partial charge in [0.15, 0.2) is 5.60 Å². The van der Waals surface area contributed by atoms with Gasteiger partial charge >= 0.3 is 0 Å². The Kier molecular flexibility index (Phi) is 7.99. The quantitative estimate of drug-likeness (QED) is 0.543. The van der Waals surface area contributed by atoms with Gasteiger partial charge in [-0.15, -0.1) is 0 Å². The van der Waals surface area contributed by atoms with Gasteiger partial charge in [-0.1, -0.05) is 58.2 Å². The van der Waals surface area contributed by atoms with Crippen molar-refractivity contribution in [3.8, 4) is 6.07 Å². The third-order valence-electron chi connectivity index (χ3n) is 7.83. The van der Waals surface area contributed by atoms with Crippen molar-refractivity contribution in [3.05, 3.63) is 59.9 Å². The lowest BCUT2D eigenvalue weighted by Crippen LogP contribution is -2.51. The molecule has 2 unspecified atom stereocenters. The summed E-state index contributed by atoms with van der Waals surface area (Å²) in [4.78, 5) is 33.9. The average molecular weight is 503 g/mol. The Morgan fingerprint density at radius 3 is 2.41 bits per heavy atom. The minimum absolute atomic E-state index is 0.0585. The van der Waals surface area contributed by atoms with Crippen molar-refractivity contribution in [1.29, 1.82) is 5.26 Å². The molecule has 3 atom stereocenters. The molecule has 1 heterocycles. The van der Waals surface area contributed by atoms with Crippen LogP contribution in [-0.2, 0) is 15.0 Å². The molecule has 37 heavy (non-hydrogen) atoms. The van der Waals surface area contributed by atoms with Crippen molar-refractivity contribution in [2.75, 3.05) is 4.90 Å². The van der Waals surface area contributed by atoms with Crippen molar-refractivity contribution < 1.29 is 14.7 Å². The topological polar surface area (TPSA) is 106 Å². The number of carbonyl (C=O) groups excluding carboxylic acids is 2. The third kappa shape index (κ3) is 5.86. The van der Waals surface area contributed by atoms with E-state index in [1.54, 1.807) is 24.5 Å². The van der Waals surface area contributed by atoms with E-state index in [2.05, 4.69) is 31.1 Å². The number of anilines is 1. The fourth-order valence-electron chi connectivity index (χ4n) is 5.63. The SMILES string of the molecule is CC(C)(C)c1ccc(N(C(=O)[C@H]2CCCC2(O)C#N)C(C(=O)NC2CCCCC2)c2cccnc2)cc1. The minimum atomic E-state index is -1.75. The lowest BCUT2D eigenvalue weighted by atomic mass is 9.86. The van der Waals surface area contributed by atoms with E-state index in [0.717, 1.165) is 37.7 Å². The van der Waals surface area contributed by atoms with E-state index < -0.39 is 23.5 Å². The Hall–Kier alpha value is -3.24. The summed E-state index contributed by atoms with van der Waals surface area (Å²) in [5.74, 6) is -1.61. The molecule has 0 radical (unpaired) electrons. The number of nitrogens with one attached hydrogen (secondary N) is 1. The van der Waals surface area contributed by atoms with Gasteiger partial charge in [0.25, 0.3) is 0 Å². The van der Waals surface area contributed by atoms with E-state index in [9.17, 15) is 20.0 Å². The molecule has 0 spiro atoms. The van der Waals surface area contributed by atoms with E-state index >= 15 is 0 Å². The predicted octanol–water partition coefficient (Wildman–Crippen LogP) is 4.96. The van der Waals surface area contributed by atoms with Gasteiger partial charge in [0, 0.05) is 29.7 Å². The number of pyridine rings is 1. The van der Waals surface area contributed by atoms with Crippen LogP contribution in [0.25, 0.3) is 0 Å². The Bertz CT molecular complexity index is 1130. The van der Waals surface area contributed by atoms with Crippen molar-refractivity contribution in [2.24, 2.45) is 5.92 Å². The zero-order valence-corrected chi connectivity index (χ0v) is 22.1. The first kappa shape index (κ1) is 26.8. The molecule has 1 aromatic heterocycles. The third-order valence-corrected chi connectivity index (χ3v) is 7.83. The van der Waals surface area contributed by atoms with E-state index in [4.69, 9.17) is 0 Å². The van der Waals surface area contributed by atoms with Gasteiger partial charge in [-0.2, -0.15) is 5.26 Å². The molecule has 2 fully saturated rings. The van der Waals surface area contributed by atoms with Crippen LogP contribution in [0.3, 0.4) is 0 Å². The number of carbonyl (C=O) groups is 2. The maximum Gasteiger partial charge on any atom is 0.248 e. The van der Waals surface area contributed by atoms with Crippen LogP contribution in [-0.4, -0.2) is 33.5 Å². The van der Waals surface area contributed by atoms with Gasteiger partial charge in [-0.05, 0) is 61.3 Å². The number of hydrogen-bond acceptors (Lipinski definition) is 5. The van der Waals surface area contributed by atoms with Crippen LogP contribution in [0.4, 0.5) is 5.69 Å².